The highest BCUT2D eigenvalue weighted by Crippen LogP contribution is 2.32. The van der Waals surface area contributed by atoms with E-state index < -0.39 is 5.44 Å². The van der Waals surface area contributed by atoms with E-state index in [0.717, 1.165) is 21.5 Å². The molecule has 0 aliphatic rings. The van der Waals surface area contributed by atoms with Crippen LogP contribution in [0.4, 0.5) is 0 Å². The molecule has 0 spiro atoms. The van der Waals surface area contributed by atoms with Crippen molar-refractivity contribution in [2.24, 2.45) is 0 Å². The molecular formula is C16H12ClNOS. The average molecular weight is 302 g/mol. The van der Waals surface area contributed by atoms with Gasteiger partial charge >= 0.3 is 0 Å². The molecule has 2 nitrogen and oxygen atoms in total. The summed E-state index contributed by atoms with van der Waals surface area (Å²) in [7, 11) is 0. The molecule has 3 rings (SSSR count). The van der Waals surface area contributed by atoms with Crippen LogP contribution in [-0.2, 0) is 0 Å². The van der Waals surface area contributed by atoms with Gasteiger partial charge in [0.1, 0.15) is 5.44 Å². The molecule has 0 bridgehead atoms. The van der Waals surface area contributed by atoms with Crippen molar-refractivity contribution in [3.05, 3.63) is 71.2 Å². The van der Waals surface area contributed by atoms with Gasteiger partial charge in [-0.25, -0.2) is 4.98 Å². The summed E-state index contributed by atoms with van der Waals surface area (Å²) in [6, 6.07) is 19.0. The first kappa shape index (κ1) is 13.4. The summed E-state index contributed by atoms with van der Waals surface area (Å²) in [6.07, 6.45) is 0. The van der Waals surface area contributed by atoms with E-state index in [1.165, 1.54) is 11.8 Å². The first-order valence-electron chi connectivity index (χ1n) is 6.18. The zero-order valence-electron chi connectivity index (χ0n) is 10.5. The number of nitrogens with zero attached hydrogens (tertiary/aromatic N) is 1. The Bertz CT molecular complexity index is 733. The summed E-state index contributed by atoms with van der Waals surface area (Å²) < 4.78 is 0. The van der Waals surface area contributed by atoms with Gasteiger partial charge in [-0.1, -0.05) is 59.8 Å². The van der Waals surface area contributed by atoms with Gasteiger partial charge < -0.3 is 5.11 Å². The van der Waals surface area contributed by atoms with Gasteiger partial charge in [-0.3, -0.25) is 0 Å². The Morgan fingerprint density at radius 2 is 1.80 bits per heavy atom. The first-order valence-corrected chi connectivity index (χ1v) is 7.44. The maximum atomic E-state index is 10.2. The van der Waals surface area contributed by atoms with Crippen LogP contribution in [0, 0.1) is 0 Å². The number of pyridine rings is 1. The Labute approximate surface area is 126 Å². The molecule has 1 N–H and O–H groups in total. The van der Waals surface area contributed by atoms with Gasteiger partial charge in [0.15, 0.2) is 0 Å². The minimum Gasteiger partial charge on any atom is -0.378 e. The summed E-state index contributed by atoms with van der Waals surface area (Å²) in [6.45, 7) is 0. The van der Waals surface area contributed by atoms with Gasteiger partial charge in [-0.2, -0.15) is 0 Å². The summed E-state index contributed by atoms with van der Waals surface area (Å²) in [5.74, 6) is 0. The third kappa shape index (κ3) is 2.96. The fourth-order valence-corrected chi connectivity index (χ4v) is 2.94. The summed E-state index contributed by atoms with van der Waals surface area (Å²) in [4.78, 5) is 4.53. The van der Waals surface area contributed by atoms with E-state index in [1.54, 1.807) is 0 Å². The molecule has 1 unspecified atom stereocenters. The predicted octanol–water partition coefficient (Wildman–Crippen LogP) is 4.67. The van der Waals surface area contributed by atoms with Crippen molar-refractivity contribution in [3.63, 3.8) is 0 Å². The molecule has 0 aliphatic carbocycles. The molecule has 4 heteroatoms. The van der Waals surface area contributed by atoms with E-state index in [2.05, 4.69) is 4.98 Å². The molecule has 2 aromatic carbocycles. The van der Waals surface area contributed by atoms with Crippen LogP contribution in [0.25, 0.3) is 10.9 Å². The van der Waals surface area contributed by atoms with E-state index in [1.807, 2.05) is 60.7 Å². The number of fused-ring (bicyclic) bond motifs is 1. The minimum absolute atomic E-state index is 0.617. The summed E-state index contributed by atoms with van der Waals surface area (Å²) in [5.41, 5.74) is 1.13. The lowest BCUT2D eigenvalue weighted by Gasteiger charge is -2.10. The zero-order chi connectivity index (χ0) is 13.9. The first-order chi connectivity index (χ1) is 9.72. The lowest BCUT2D eigenvalue weighted by Crippen LogP contribution is -1.92. The highest BCUT2D eigenvalue weighted by molar-refractivity contribution is 7.99. The second kappa shape index (κ2) is 5.83. The molecule has 0 saturated heterocycles. The topological polar surface area (TPSA) is 33.1 Å². The molecule has 0 fully saturated rings. The Kier molecular flexibility index (Phi) is 3.92. The maximum absolute atomic E-state index is 10.2. The van der Waals surface area contributed by atoms with Crippen LogP contribution in [-0.4, -0.2) is 10.1 Å². The normalized spacial score (nSPS) is 12.5. The standard InChI is InChI=1S/C16H12ClNOS/c17-13-7-8-14-12(10-13)6-9-15(18-14)20-16(19)11-4-2-1-3-5-11/h1-10,16,19H. The molecule has 1 atom stereocenters. The SMILES string of the molecule is OC(Sc1ccc2cc(Cl)ccc2n1)c1ccccc1. The van der Waals surface area contributed by atoms with Crippen LogP contribution in [0.15, 0.2) is 65.7 Å². The molecule has 0 aliphatic heterocycles. The van der Waals surface area contributed by atoms with Gasteiger partial charge in [-0.15, -0.1) is 0 Å². The van der Waals surface area contributed by atoms with Crippen LogP contribution < -0.4 is 0 Å². The van der Waals surface area contributed by atoms with E-state index in [0.29, 0.717) is 5.02 Å². The highest BCUT2D eigenvalue weighted by Gasteiger charge is 2.10. The third-order valence-corrected chi connectivity index (χ3v) is 4.14. The molecule has 1 heterocycles. The number of benzene rings is 2. The van der Waals surface area contributed by atoms with Crippen molar-refractivity contribution >= 4 is 34.3 Å². The molecule has 0 radical (unpaired) electrons. The van der Waals surface area contributed by atoms with Crippen LogP contribution in [0.5, 0.6) is 0 Å². The van der Waals surface area contributed by atoms with Gasteiger partial charge in [0.2, 0.25) is 0 Å². The number of hydrogen-bond acceptors (Lipinski definition) is 3. The largest absolute Gasteiger partial charge is 0.378 e. The van der Waals surface area contributed by atoms with Crippen LogP contribution in [0.2, 0.25) is 5.02 Å². The Hall–Kier alpha value is -1.55. The molecule has 0 saturated carbocycles. The van der Waals surface area contributed by atoms with Crippen molar-refractivity contribution in [2.45, 2.75) is 10.5 Å². The van der Waals surface area contributed by atoms with Gasteiger partial charge in [-0.05, 0) is 29.8 Å². The lowest BCUT2D eigenvalue weighted by atomic mass is 10.2. The third-order valence-electron chi connectivity index (χ3n) is 2.94. The molecule has 3 aromatic rings. The monoisotopic (exact) mass is 301 g/mol. The molecule has 0 amide bonds. The average Bonchev–Trinajstić information content (AvgIpc) is 2.48. The van der Waals surface area contributed by atoms with Crippen molar-refractivity contribution in [1.29, 1.82) is 0 Å². The predicted molar refractivity (Wildman–Crippen MR) is 84.0 cm³/mol. The van der Waals surface area contributed by atoms with Crippen LogP contribution >= 0.6 is 23.4 Å². The highest BCUT2D eigenvalue weighted by atomic mass is 35.5. The molecule has 100 valence electrons. The molecule has 1 aromatic heterocycles. The van der Waals surface area contributed by atoms with Crippen molar-refractivity contribution in [2.75, 3.05) is 0 Å². The Morgan fingerprint density at radius 1 is 1.00 bits per heavy atom. The van der Waals surface area contributed by atoms with E-state index in [4.69, 9.17) is 11.6 Å². The maximum Gasteiger partial charge on any atom is 0.131 e. The quantitative estimate of drug-likeness (QED) is 0.563. The number of hydrogen-bond donors (Lipinski definition) is 1. The number of aliphatic hydroxyl groups is 1. The van der Waals surface area contributed by atoms with Crippen LogP contribution in [0.1, 0.15) is 11.0 Å². The van der Waals surface area contributed by atoms with Gasteiger partial charge in [0.05, 0.1) is 10.5 Å². The number of thioether (sulfide) groups is 1. The Morgan fingerprint density at radius 3 is 2.60 bits per heavy atom. The van der Waals surface area contributed by atoms with Crippen LogP contribution in [0.3, 0.4) is 0 Å². The number of aliphatic hydroxyl groups excluding tert-OH is 1. The zero-order valence-corrected chi connectivity index (χ0v) is 12.1. The van der Waals surface area contributed by atoms with Crippen molar-refractivity contribution < 1.29 is 5.11 Å². The Balaban J connectivity index is 1.86. The number of aromatic nitrogens is 1. The van der Waals surface area contributed by atoms with E-state index in [9.17, 15) is 5.11 Å². The second-order valence-corrected chi connectivity index (χ2v) is 5.90. The number of halogens is 1. The smallest absolute Gasteiger partial charge is 0.131 e. The summed E-state index contributed by atoms with van der Waals surface area (Å²) >= 11 is 7.28. The van der Waals surface area contributed by atoms with Crippen molar-refractivity contribution in [1.82, 2.24) is 4.98 Å². The fraction of sp³-hybridized carbons (Fsp3) is 0.0625. The molecular weight excluding hydrogens is 290 g/mol. The van der Waals surface area contributed by atoms with Gasteiger partial charge in [0, 0.05) is 10.4 Å². The van der Waals surface area contributed by atoms with E-state index in [-0.39, 0.29) is 0 Å². The van der Waals surface area contributed by atoms with Gasteiger partial charge in [0.25, 0.3) is 0 Å². The van der Waals surface area contributed by atoms with Crippen molar-refractivity contribution in [3.8, 4) is 0 Å². The fourth-order valence-electron chi connectivity index (χ4n) is 1.94. The lowest BCUT2D eigenvalue weighted by molar-refractivity contribution is 0.270. The van der Waals surface area contributed by atoms with E-state index >= 15 is 0 Å². The second-order valence-electron chi connectivity index (χ2n) is 4.37. The minimum atomic E-state index is -0.617. The molecule has 20 heavy (non-hydrogen) atoms. The summed E-state index contributed by atoms with van der Waals surface area (Å²) in [5, 5.41) is 12.7. The number of rotatable bonds is 3.